The number of aldehydes is 1. The number of aromatic hydroxyl groups is 1. The zero-order chi connectivity index (χ0) is 34.1. The highest BCUT2D eigenvalue weighted by atomic mass is 16.5. The number of carbonyl (C=O) groups is 1. The number of likely N-dealkylation sites (N-methyl/N-ethyl adjacent to an activating group) is 1. The number of hydrogen-bond donors (Lipinski definition) is 3. The van der Waals surface area contributed by atoms with Gasteiger partial charge in [0, 0.05) is 74.7 Å². The van der Waals surface area contributed by atoms with Crippen LogP contribution in [0.25, 0.3) is 10.9 Å². The molecule has 1 fully saturated rings. The van der Waals surface area contributed by atoms with E-state index in [4.69, 9.17) is 24.7 Å². The lowest BCUT2D eigenvalue weighted by atomic mass is 9.93. The van der Waals surface area contributed by atoms with E-state index in [1.165, 1.54) is 19.8 Å². The van der Waals surface area contributed by atoms with Gasteiger partial charge in [-0.3, -0.25) is 4.98 Å². The lowest BCUT2D eigenvalue weighted by Gasteiger charge is -2.32. The first-order chi connectivity index (χ1) is 21.9. The molecule has 4 N–H and O–H groups in total. The number of nitrogens with two attached hydrogens (primary N) is 1. The maximum absolute atomic E-state index is 10.3. The summed E-state index contributed by atoms with van der Waals surface area (Å²) in [5.41, 5.74) is 7.40. The van der Waals surface area contributed by atoms with Crippen LogP contribution in [0.3, 0.4) is 0 Å². The Kier molecular flexibility index (Phi) is 16.6. The highest BCUT2D eigenvalue weighted by Gasteiger charge is 2.16. The molecule has 1 saturated heterocycles. The van der Waals surface area contributed by atoms with Crippen molar-refractivity contribution in [1.29, 1.82) is 0 Å². The fourth-order valence-electron chi connectivity index (χ4n) is 4.73. The average Bonchev–Trinajstić information content (AvgIpc) is 3.03. The highest BCUT2D eigenvalue weighted by Crippen LogP contribution is 2.39. The van der Waals surface area contributed by atoms with Gasteiger partial charge in [-0.1, -0.05) is 20.3 Å². The van der Waals surface area contributed by atoms with Crippen LogP contribution in [0.1, 0.15) is 60.3 Å². The Labute approximate surface area is 276 Å². The molecular weight excluding hydrogens is 582 g/mol. The number of nitrogens with one attached hydrogen (secondary N) is 1. The van der Waals surface area contributed by atoms with Crippen molar-refractivity contribution < 1.29 is 24.1 Å². The van der Waals surface area contributed by atoms with Gasteiger partial charge < -0.3 is 45.0 Å². The van der Waals surface area contributed by atoms with Crippen LogP contribution >= 0.6 is 0 Å². The number of rotatable bonds is 13. The largest absolute Gasteiger partial charge is 0.504 e. The summed E-state index contributed by atoms with van der Waals surface area (Å²) in [6.07, 6.45) is 7.06. The molecule has 256 valence electrons. The van der Waals surface area contributed by atoms with Crippen molar-refractivity contribution in [1.82, 2.24) is 14.8 Å². The van der Waals surface area contributed by atoms with Crippen LogP contribution in [0.15, 0.2) is 42.6 Å². The van der Waals surface area contributed by atoms with E-state index < -0.39 is 0 Å². The number of phenolic OH excluding ortho intramolecular Hbond substituents is 1. The number of fused-ring (bicyclic) bond motifs is 1. The lowest BCUT2D eigenvalue weighted by Crippen LogP contribution is -2.44. The molecule has 0 amide bonds. The minimum atomic E-state index is 0.0312. The molecule has 2 heterocycles. The van der Waals surface area contributed by atoms with E-state index in [2.05, 4.69) is 54.8 Å². The van der Waals surface area contributed by atoms with Gasteiger partial charge in [0.05, 0.1) is 19.2 Å². The molecule has 4 rings (SSSR count). The monoisotopic (exact) mass is 639 g/mol. The average molecular weight is 640 g/mol. The number of hydrogen-bond acceptors (Lipinski definition) is 10. The molecule has 0 bridgehead atoms. The fourth-order valence-corrected chi connectivity index (χ4v) is 4.73. The van der Waals surface area contributed by atoms with E-state index in [-0.39, 0.29) is 11.3 Å². The van der Waals surface area contributed by atoms with Crippen LogP contribution in [0.4, 0.5) is 5.69 Å². The smallest absolute Gasteiger partial charge is 0.169 e. The molecule has 0 spiro atoms. The van der Waals surface area contributed by atoms with Crippen LogP contribution in [-0.2, 0) is 4.79 Å². The Balaban J connectivity index is 0.000000480. The van der Waals surface area contributed by atoms with Crippen molar-refractivity contribution in [2.45, 2.75) is 65.8 Å². The number of methoxy groups -OCH3 is 1. The van der Waals surface area contributed by atoms with Gasteiger partial charge in [0.15, 0.2) is 23.0 Å². The van der Waals surface area contributed by atoms with Crippen LogP contribution < -0.4 is 25.3 Å². The second kappa shape index (κ2) is 19.8. The summed E-state index contributed by atoms with van der Waals surface area (Å²) >= 11 is 0. The van der Waals surface area contributed by atoms with E-state index in [0.29, 0.717) is 29.6 Å². The number of nitrogens with zero attached hydrogens (tertiary/aromatic N) is 3. The van der Waals surface area contributed by atoms with Gasteiger partial charge in [0.2, 0.25) is 0 Å². The molecule has 0 aliphatic carbocycles. The molecule has 2 aromatic carbocycles. The first-order valence-electron chi connectivity index (χ1n) is 16.3. The van der Waals surface area contributed by atoms with E-state index in [1.807, 2.05) is 18.2 Å². The van der Waals surface area contributed by atoms with Crippen LogP contribution in [0, 0.1) is 5.92 Å². The predicted molar refractivity (Wildman–Crippen MR) is 189 cm³/mol. The molecule has 10 heteroatoms. The summed E-state index contributed by atoms with van der Waals surface area (Å²) in [4.78, 5) is 18.1. The molecular formula is C36H57N5O5. The van der Waals surface area contributed by atoms with Gasteiger partial charge >= 0.3 is 0 Å². The minimum Gasteiger partial charge on any atom is -0.504 e. The van der Waals surface area contributed by atoms with Crippen molar-refractivity contribution in [2.24, 2.45) is 11.7 Å². The summed E-state index contributed by atoms with van der Waals surface area (Å²) in [5.74, 6) is 3.11. The van der Waals surface area contributed by atoms with Crippen molar-refractivity contribution in [3.05, 3.63) is 42.6 Å². The zero-order valence-electron chi connectivity index (χ0n) is 29.3. The molecule has 46 heavy (non-hydrogen) atoms. The maximum Gasteiger partial charge on any atom is 0.169 e. The Morgan fingerprint density at radius 3 is 2.37 bits per heavy atom. The molecule has 0 radical (unpaired) electrons. The van der Waals surface area contributed by atoms with E-state index in [9.17, 15) is 5.11 Å². The number of carbonyl (C=O) groups excluding carboxylic acids is 1. The van der Waals surface area contributed by atoms with Gasteiger partial charge in [0.25, 0.3) is 0 Å². The van der Waals surface area contributed by atoms with Gasteiger partial charge in [-0.2, -0.15) is 0 Å². The maximum atomic E-state index is 10.3. The Bertz CT molecular complexity index is 1320. The van der Waals surface area contributed by atoms with Crippen LogP contribution in [0.5, 0.6) is 28.7 Å². The second-order valence-corrected chi connectivity index (χ2v) is 12.5. The number of anilines is 1. The number of piperazine rings is 1. The SMILES string of the molecule is CC=O.CCC(C)CCC(C)(C)N.CNc1ccc(Oc2ccnc3cc(OCCCN4CCN(C)CC4)c(OC)cc23)c(O)c1. The summed E-state index contributed by atoms with van der Waals surface area (Å²) in [5, 5.41) is 14.1. The lowest BCUT2D eigenvalue weighted by molar-refractivity contribution is -0.106. The van der Waals surface area contributed by atoms with Gasteiger partial charge in [-0.15, -0.1) is 0 Å². The third kappa shape index (κ3) is 13.4. The van der Waals surface area contributed by atoms with Crippen molar-refractivity contribution >= 4 is 22.9 Å². The number of benzene rings is 2. The molecule has 1 unspecified atom stereocenters. The number of aromatic nitrogens is 1. The molecule has 10 nitrogen and oxygen atoms in total. The predicted octanol–water partition coefficient (Wildman–Crippen LogP) is 6.55. The van der Waals surface area contributed by atoms with Gasteiger partial charge in [0.1, 0.15) is 12.0 Å². The van der Waals surface area contributed by atoms with Crippen LogP contribution in [-0.4, -0.2) is 92.3 Å². The first kappa shape index (κ1) is 38.6. The van der Waals surface area contributed by atoms with Crippen molar-refractivity contribution in [2.75, 3.05) is 65.9 Å². The minimum absolute atomic E-state index is 0.0312. The molecule has 1 aromatic heterocycles. The topological polar surface area (TPSA) is 122 Å². The summed E-state index contributed by atoms with van der Waals surface area (Å²) in [6.45, 7) is 16.2. The Morgan fingerprint density at radius 1 is 1.09 bits per heavy atom. The van der Waals surface area contributed by atoms with Gasteiger partial charge in [-0.25, -0.2) is 0 Å². The third-order valence-electron chi connectivity index (χ3n) is 7.91. The highest BCUT2D eigenvalue weighted by molar-refractivity contribution is 5.88. The zero-order valence-corrected chi connectivity index (χ0v) is 29.3. The Hall–Kier alpha value is -3.60. The Morgan fingerprint density at radius 2 is 1.78 bits per heavy atom. The summed E-state index contributed by atoms with van der Waals surface area (Å²) in [6, 6.07) is 10.7. The number of phenols is 1. The normalized spacial score (nSPS) is 14.3. The number of ether oxygens (including phenoxy) is 3. The second-order valence-electron chi connectivity index (χ2n) is 12.5. The summed E-state index contributed by atoms with van der Waals surface area (Å²) in [7, 11) is 5.58. The number of pyridine rings is 1. The molecule has 0 saturated carbocycles. The summed E-state index contributed by atoms with van der Waals surface area (Å²) < 4.78 is 17.7. The first-order valence-corrected chi connectivity index (χ1v) is 16.3. The standard InChI is InChI=1S/C25H32N4O4.C9H21N.C2H4O/c1-26-18-5-6-23(21(30)15-18)33-22-7-8-27-20-17-25(24(31-3)16-19(20)22)32-14-4-9-29-12-10-28(2)11-13-29;1-5-8(2)6-7-9(3,4)10;1-2-3/h5-8,15-17,26,30H,4,9-14H2,1-3H3;8H,5-7,10H2,1-4H3;2H,1H3. The van der Waals surface area contributed by atoms with Crippen molar-refractivity contribution in [3.8, 4) is 28.7 Å². The fraction of sp³-hybridized carbons (Fsp3) is 0.556. The molecule has 1 aliphatic heterocycles. The van der Waals surface area contributed by atoms with E-state index in [1.54, 1.807) is 38.6 Å². The third-order valence-corrected chi connectivity index (χ3v) is 7.91. The van der Waals surface area contributed by atoms with Gasteiger partial charge in [-0.05, 0) is 77.3 Å². The van der Waals surface area contributed by atoms with E-state index in [0.717, 1.165) is 74.4 Å². The quantitative estimate of drug-likeness (QED) is 0.140. The van der Waals surface area contributed by atoms with Crippen LogP contribution in [0.2, 0.25) is 0 Å². The van der Waals surface area contributed by atoms with E-state index >= 15 is 0 Å². The van der Waals surface area contributed by atoms with Crippen molar-refractivity contribution in [3.63, 3.8) is 0 Å². The molecule has 1 atom stereocenters. The molecule has 1 aliphatic rings. The molecule has 3 aromatic rings.